The average Bonchev–Trinajstić information content (AvgIpc) is 2.28. The van der Waals surface area contributed by atoms with E-state index in [-0.39, 0.29) is 6.54 Å². The zero-order valence-corrected chi connectivity index (χ0v) is 8.15. The minimum absolute atomic E-state index is 0.181. The predicted molar refractivity (Wildman–Crippen MR) is 42.3 cm³/mol. The van der Waals surface area contributed by atoms with E-state index in [4.69, 9.17) is 5.11 Å². The zero-order valence-electron chi connectivity index (χ0n) is 6.56. The molecule has 0 fully saturated rings. The molecule has 0 unspecified atom stereocenters. The van der Waals surface area contributed by atoms with Crippen LogP contribution in [0.1, 0.15) is 12.6 Å². The molecule has 74 valence electrons. The second-order valence-electron chi connectivity index (χ2n) is 2.30. The zero-order chi connectivity index (χ0) is 10.2. The molecule has 0 amide bonds. The van der Waals surface area contributed by atoms with Crippen LogP contribution in [-0.2, 0) is 12.7 Å². The highest BCUT2D eigenvalue weighted by Gasteiger charge is 2.38. The third kappa shape index (κ3) is 1.79. The van der Waals surface area contributed by atoms with Gasteiger partial charge in [-0.1, -0.05) is 0 Å². The van der Waals surface area contributed by atoms with Crippen molar-refractivity contribution in [3.05, 3.63) is 10.2 Å². The molecule has 0 atom stereocenters. The van der Waals surface area contributed by atoms with Crippen LogP contribution in [0.25, 0.3) is 0 Å². The van der Waals surface area contributed by atoms with E-state index in [1.807, 2.05) is 0 Å². The van der Waals surface area contributed by atoms with E-state index in [9.17, 15) is 13.2 Å². The molecule has 0 radical (unpaired) electrons. The number of hydrogen-bond acceptors (Lipinski definition) is 2. The molecule has 0 spiro atoms. The Morgan fingerprint density at radius 2 is 2.08 bits per heavy atom. The lowest BCUT2D eigenvalue weighted by Crippen LogP contribution is -2.08. The van der Waals surface area contributed by atoms with Gasteiger partial charge in [0.25, 0.3) is 0 Å². The van der Waals surface area contributed by atoms with Crippen LogP contribution in [0.5, 0.6) is 5.88 Å². The van der Waals surface area contributed by atoms with Crippen LogP contribution in [0.15, 0.2) is 4.47 Å². The Morgan fingerprint density at radius 3 is 2.31 bits per heavy atom. The number of hydrogen-bond donors (Lipinski definition) is 1. The van der Waals surface area contributed by atoms with Crippen molar-refractivity contribution in [2.24, 2.45) is 0 Å². The Balaban J connectivity index is 3.25. The molecule has 1 rings (SSSR count). The van der Waals surface area contributed by atoms with Gasteiger partial charge in [0.15, 0.2) is 5.69 Å². The fourth-order valence-electron chi connectivity index (χ4n) is 0.833. The van der Waals surface area contributed by atoms with E-state index in [1.165, 1.54) is 0 Å². The maximum absolute atomic E-state index is 12.2. The molecular weight excluding hydrogens is 253 g/mol. The summed E-state index contributed by atoms with van der Waals surface area (Å²) in [6, 6.07) is 0. The third-order valence-electron chi connectivity index (χ3n) is 1.44. The maximum Gasteiger partial charge on any atom is 0.436 e. The Labute approximate surface area is 80.3 Å². The molecule has 0 bridgehead atoms. The van der Waals surface area contributed by atoms with Crippen molar-refractivity contribution in [3.63, 3.8) is 0 Å². The number of aryl methyl sites for hydroxylation is 1. The molecule has 3 nitrogen and oxygen atoms in total. The Morgan fingerprint density at radius 1 is 1.54 bits per heavy atom. The van der Waals surface area contributed by atoms with Gasteiger partial charge in [0.05, 0.1) is 0 Å². The molecule has 0 aromatic carbocycles. The summed E-state index contributed by atoms with van der Waals surface area (Å²) in [6.45, 7) is 1.76. The highest BCUT2D eigenvalue weighted by Crippen LogP contribution is 2.38. The Kier molecular flexibility index (Phi) is 2.56. The topological polar surface area (TPSA) is 38.0 Å². The van der Waals surface area contributed by atoms with E-state index in [1.54, 1.807) is 6.92 Å². The predicted octanol–water partition coefficient (Wildman–Crippen LogP) is 2.39. The van der Waals surface area contributed by atoms with Crippen molar-refractivity contribution in [1.29, 1.82) is 0 Å². The SMILES string of the molecule is CCn1nc(C(F)(F)F)c(Br)c1O. The summed E-state index contributed by atoms with van der Waals surface area (Å²) < 4.78 is 36.9. The third-order valence-corrected chi connectivity index (χ3v) is 2.17. The molecule has 0 saturated carbocycles. The molecule has 7 heteroatoms. The first-order chi connectivity index (χ1) is 5.88. The number of aromatic nitrogens is 2. The molecule has 1 N–H and O–H groups in total. The lowest BCUT2D eigenvalue weighted by Gasteiger charge is -2.00. The first-order valence-corrected chi connectivity index (χ1v) is 4.19. The van der Waals surface area contributed by atoms with Crippen molar-refractivity contribution in [3.8, 4) is 5.88 Å². The second kappa shape index (κ2) is 3.21. The summed E-state index contributed by atoms with van der Waals surface area (Å²) in [5.41, 5.74) is -1.10. The van der Waals surface area contributed by atoms with E-state index in [0.29, 0.717) is 0 Å². The normalized spacial score (nSPS) is 12.1. The fourth-order valence-corrected chi connectivity index (χ4v) is 1.34. The van der Waals surface area contributed by atoms with Crippen molar-refractivity contribution < 1.29 is 18.3 Å². The number of rotatable bonds is 1. The molecule has 1 aromatic heterocycles. The second-order valence-corrected chi connectivity index (χ2v) is 3.09. The standard InChI is InChI=1S/C6H6BrF3N2O/c1-2-12-5(13)3(7)4(11-12)6(8,9)10/h13H,2H2,1H3. The maximum atomic E-state index is 12.2. The molecule has 1 aromatic rings. The van der Waals surface area contributed by atoms with Crippen molar-refractivity contribution in [1.82, 2.24) is 9.78 Å². The first-order valence-electron chi connectivity index (χ1n) is 3.40. The molecule has 0 aliphatic carbocycles. The molecular formula is C6H6BrF3N2O. The van der Waals surface area contributed by atoms with Crippen LogP contribution in [0.4, 0.5) is 13.2 Å². The molecule has 0 aliphatic rings. The number of nitrogens with zero attached hydrogens (tertiary/aromatic N) is 2. The van der Waals surface area contributed by atoms with Crippen molar-refractivity contribution >= 4 is 15.9 Å². The average molecular weight is 259 g/mol. The van der Waals surface area contributed by atoms with Gasteiger partial charge in [-0.2, -0.15) is 18.3 Å². The quantitative estimate of drug-likeness (QED) is 0.840. The van der Waals surface area contributed by atoms with Gasteiger partial charge < -0.3 is 5.11 Å². The van der Waals surface area contributed by atoms with E-state index in [2.05, 4.69) is 21.0 Å². The summed E-state index contributed by atoms with van der Waals surface area (Å²) in [7, 11) is 0. The van der Waals surface area contributed by atoms with Crippen LogP contribution in [0.2, 0.25) is 0 Å². The van der Waals surface area contributed by atoms with Gasteiger partial charge >= 0.3 is 6.18 Å². The minimum Gasteiger partial charge on any atom is -0.493 e. The number of halogens is 4. The van der Waals surface area contributed by atoms with Crippen LogP contribution in [0.3, 0.4) is 0 Å². The summed E-state index contributed by atoms with van der Waals surface area (Å²) in [5, 5.41) is 12.3. The van der Waals surface area contributed by atoms with Gasteiger partial charge in [-0.25, -0.2) is 4.68 Å². The van der Waals surface area contributed by atoms with Crippen LogP contribution in [0, 0.1) is 0 Å². The first kappa shape index (κ1) is 10.4. The van der Waals surface area contributed by atoms with Gasteiger partial charge in [0, 0.05) is 6.54 Å². The highest BCUT2D eigenvalue weighted by molar-refractivity contribution is 9.10. The lowest BCUT2D eigenvalue weighted by atomic mass is 10.4. The van der Waals surface area contributed by atoms with Gasteiger partial charge in [-0.3, -0.25) is 0 Å². The molecule has 1 heterocycles. The van der Waals surface area contributed by atoms with Gasteiger partial charge in [0.2, 0.25) is 5.88 Å². The van der Waals surface area contributed by atoms with Crippen molar-refractivity contribution in [2.45, 2.75) is 19.6 Å². The van der Waals surface area contributed by atoms with Gasteiger partial charge in [-0.05, 0) is 22.9 Å². The molecule has 0 aliphatic heterocycles. The van der Waals surface area contributed by atoms with E-state index >= 15 is 0 Å². The van der Waals surface area contributed by atoms with Crippen LogP contribution >= 0.6 is 15.9 Å². The highest BCUT2D eigenvalue weighted by atomic mass is 79.9. The largest absolute Gasteiger partial charge is 0.493 e. The Bertz CT molecular complexity index is 320. The smallest absolute Gasteiger partial charge is 0.436 e. The van der Waals surface area contributed by atoms with Gasteiger partial charge in [0.1, 0.15) is 4.47 Å². The summed E-state index contributed by atoms with van der Waals surface area (Å²) in [6.07, 6.45) is -4.54. The van der Waals surface area contributed by atoms with Crippen LogP contribution < -0.4 is 0 Å². The number of aromatic hydroxyl groups is 1. The summed E-state index contributed by atoms with van der Waals surface area (Å²) >= 11 is 2.62. The molecule has 13 heavy (non-hydrogen) atoms. The number of alkyl halides is 3. The molecule has 0 saturated heterocycles. The van der Waals surface area contributed by atoms with Crippen LogP contribution in [-0.4, -0.2) is 14.9 Å². The lowest BCUT2D eigenvalue weighted by molar-refractivity contribution is -0.142. The minimum atomic E-state index is -4.54. The van der Waals surface area contributed by atoms with E-state index in [0.717, 1.165) is 4.68 Å². The Hall–Kier alpha value is -0.720. The summed E-state index contributed by atoms with van der Waals surface area (Å²) in [4.78, 5) is 0. The van der Waals surface area contributed by atoms with Crippen molar-refractivity contribution in [2.75, 3.05) is 0 Å². The van der Waals surface area contributed by atoms with Gasteiger partial charge in [-0.15, -0.1) is 0 Å². The monoisotopic (exact) mass is 258 g/mol. The fraction of sp³-hybridized carbons (Fsp3) is 0.500. The van der Waals surface area contributed by atoms with E-state index < -0.39 is 22.2 Å². The summed E-state index contributed by atoms with van der Waals surface area (Å²) in [5.74, 6) is -0.505.